The Hall–Kier alpha value is -3.76. The topological polar surface area (TPSA) is 94.5 Å². The van der Waals surface area contributed by atoms with E-state index in [2.05, 4.69) is 0 Å². The summed E-state index contributed by atoms with van der Waals surface area (Å²) in [6.07, 6.45) is -2.41. The summed E-state index contributed by atoms with van der Waals surface area (Å²) in [5, 5.41) is 12.2. The molecule has 2 aromatic rings. The lowest BCUT2D eigenvalue weighted by molar-refractivity contribution is -0.273. The summed E-state index contributed by atoms with van der Waals surface area (Å²) in [7, 11) is 2.43. The number of nitrogens with zero attached hydrogens (tertiary/aromatic N) is 1. The smallest absolute Gasteiger partial charge is 0.337 e. The Morgan fingerprint density at radius 2 is 1.08 bits per heavy atom. The third kappa shape index (κ3) is 4.45. The van der Waals surface area contributed by atoms with Crippen LogP contribution in [0.2, 0.25) is 0 Å². The zero-order valence-electron chi connectivity index (χ0n) is 20.0. The summed E-state index contributed by atoms with van der Waals surface area (Å²) in [4.78, 5) is 25.3. The van der Waals surface area contributed by atoms with Crippen LogP contribution in [0.25, 0.3) is 0 Å². The molecule has 4 atom stereocenters. The van der Waals surface area contributed by atoms with Crippen LogP contribution in [0, 0.1) is 11.6 Å². The van der Waals surface area contributed by atoms with Crippen molar-refractivity contribution in [3.63, 3.8) is 0 Å². The van der Waals surface area contributed by atoms with Crippen molar-refractivity contribution in [2.24, 2.45) is 0 Å². The van der Waals surface area contributed by atoms with E-state index in [0.717, 1.165) is 5.06 Å². The van der Waals surface area contributed by atoms with Crippen LogP contribution in [0.5, 0.6) is 0 Å². The summed E-state index contributed by atoms with van der Waals surface area (Å²) < 4.78 is 49.0. The van der Waals surface area contributed by atoms with Gasteiger partial charge in [-0.1, -0.05) is 24.3 Å². The number of rotatable bonds is 6. The highest BCUT2D eigenvalue weighted by Gasteiger charge is 2.51. The van der Waals surface area contributed by atoms with E-state index in [1.807, 2.05) is 0 Å². The SMILES string of the molecule is COC(=O)C1=C(C)OC(N(O)C2OC(C)=C(C(=O)OC)C2c2ccc(F)cc2)C1c1ccc(F)cc1. The molecule has 8 nitrogen and oxygen atoms in total. The first kappa shape index (κ1) is 25.3. The van der Waals surface area contributed by atoms with Crippen molar-refractivity contribution in [2.75, 3.05) is 14.2 Å². The summed E-state index contributed by atoms with van der Waals surface area (Å²) in [6, 6.07) is 10.8. The second-order valence-electron chi connectivity index (χ2n) is 8.38. The maximum absolute atomic E-state index is 13.6. The number of carbonyl (C=O) groups is 2. The predicted octanol–water partition coefficient (Wildman–Crippen LogP) is 4.13. The van der Waals surface area contributed by atoms with Gasteiger partial charge in [0.15, 0.2) is 12.5 Å². The van der Waals surface area contributed by atoms with Crippen LogP contribution in [0.15, 0.2) is 71.2 Å². The van der Waals surface area contributed by atoms with Gasteiger partial charge < -0.3 is 24.2 Å². The molecule has 2 aliphatic heterocycles. The standard InChI is InChI=1S/C26H25F2NO7/c1-13-19(25(30)33-3)21(15-5-9-17(27)10-6-15)23(35-13)29(32)24-22(16-7-11-18(28)12-8-16)20(14(2)36-24)26(31)34-4/h5-12,21-24,32H,1-4H3. The number of ether oxygens (including phenoxy) is 4. The maximum atomic E-state index is 13.6. The van der Waals surface area contributed by atoms with Gasteiger partial charge in [-0.3, -0.25) is 0 Å². The van der Waals surface area contributed by atoms with E-state index in [9.17, 15) is 23.6 Å². The molecule has 0 aliphatic carbocycles. The third-order valence-corrected chi connectivity index (χ3v) is 6.34. The molecule has 1 N–H and O–H groups in total. The van der Waals surface area contributed by atoms with Gasteiger partial charge in [-0.25, -0.2) is 18.4 Å². The minimum atomic E-state index is -1.21. The largest absolute Gasteiger partial charge is 0.476 e. The lowest BCUT2D eigenvalue weighted by Crippen LogP contribution is -2.46. The maximum Gasteiger partial charge on any atom is 0.337 e. The van der Waals surface area contributed by atoms with E-state index in [4.69, 9.17) is 18.9 Å². The molecule has 0 fully saturated rings. The van der Waals surface area contributed by atoms with Crippen molar-refractivity contribution in [1.29, 1.82) is 0 Å². The molecule has 2 aliphatic rings. The van der Waals surface area contributed by atoms with Crippen LogP contribution in [0.4, 0.5) is 8.78 Å². The zero-order chi connectivity index (χ0) is 26.1. The number of methoxy groups -OCH3 is 2. The highest BCUT2D eigenvalue weighted by molar-refractivity contribution is 5.92. The molecule has 0 bridgehead atoms. The van der Waals surface area contributed by atoms with E-state index in [1.165, 1.54) is 62.8 Å². The molecule has 0 amide bonds. The monoisotopic (exact) mass is 501 g/mol. The molecule has 4 unspecified atom stereocenters. The lowest BCUT2D eigenvalue weighted by Gasteiger charge is -2.34. The average Bonchev–Trinajstić information content (AvgIpc) is 3.40. The van der Waals surface area contributed by atoms with Crippen molar-refractivity contribution in [3.8, 4) is 0 Å². The van der Waals surface area contributed by atoms with Crippen LogP contribution in [0.3, 0.4) is 0 Å². The van der Waals surface area contributed by atoms with Crippen molar-refractivity contribution in [3.05, 3.63) is 94.0 Å². The molecule has 0 saturated carbocycles. The van der Waals surface area contributed by atoms with E-state index < -0.39 is 47.9 Å². The first-order valence-electron chi connectivity index (χ1n) is 11.1. The molecule has 4 rings (SSSR count). The number of halogens is 2. The number of hydrogen-bond donors (Lipinski definition) is 1. The van der Waals surface area contributed by atoms with Crippen molar-refractivity contribution in [1.82, 2.24) is 5.06 Å². The Bertz CT molecular complexity index is 1130. The van der Waals surface area contributed by atoms with Crippen LogP contribution in [-0.4, -0.2) is 48.9 Å². The highest BCUT2D eigenvalue weighted by atomic mass is 19.1. The Morgan fingerprint density at radius 1 is 0.750 bits per heavy atom. The summed E-state index contributed by atoms with van der Waals surface area (Å²) >= 11 is 0. The van der Waals surface area contributed by atoms with Crippen molar-refractivity contribution >= 4 is 11.9 Å². The normalized spacial score (nSPS) is 23.6. The van der Waals surface area contributed by atoms with Gasteiger partial charge in [-0.15, -0.1) is 5.06 Å². The first-order valence-corrected chi connectivity index (χ1v) is 11.1. The first-order chi connectivity index (χ1) is 17.2. The predicted molar refractivity (Wildman–Crippen MR) is 121 cm³/mol. The fourth-order valence-electron chi connectivity index (χ4n) is 4.67. The summed E-state index contributed by atoms with van der Waals surface area (Å²) in [5.74, 6) is -3.67. The number of benzene rings is 2. The van der Waals surface area contributed by atoms with Gasteiger partial charge in [0, 0.05) is 0 Å². The fraction of sp³-hybridized carbons (Fsp3) is 0.308. The second-order valence-corrected chi connectivity index (χ2v) is 8.38. The van der Waals surface area contributed by atoms with E-state index in [-0.39, 0.29) is 22.7 Å². The Balaban J connectivity index is 1.77. The molecular formula is C26H25F2NO7. The second kappa shape index (κ2) is 10.1. The summed E-state index contributed by atoms with van der Waals surface area (Å²) in [5.41, 5.74) is 1.24. The van der Waals surface area contributed by atoms with Gasteiger partial charge in [0.1, 0.15) is 23.2 Å². The number of allylic oxidation sites excluding steroid dienone is 2. The molecule has 190 valence electrons. The Kier molecular flexibility index (Phi) is 7.09. The molecule has 0 aromatic heterocycles. The van der Waals surface area contributed by atoms with E-state index >= 15 is 0 Å². The van der Waals surface area contributed by atoms with Gasteiger partial charge >= 0.3 is 11.9 Å². The zero-order valence-corrected chi connectivity index (χ0v) is 20.0. The van der Waals surface area contributed by atoms with Crippen LogP contribution in [-0.2, 0) is 28.5 Å². The molecule has 36 heavy (non-hydrogen) atoms. The fourth-order valence-corrected chi connectivity index (χ4v) is 4.67. The van der Waals surface area contributed by atoms with Gasteiger partial charge in [0.2, 0.25) is 0 Å². The Labute approximate surface area is 206 Å². The van der Waals surface area contributed by atoms with Crippen LogP contribution >= 0.6 is 0 Å². The quantitative estimate of drug-likeness (QED) is 0.467. The van der Waals surface area contributed by atoms with Crippen molar-refractivity contribution < 1.29 is 42.5 Å². The van der Waals surface area contributed by atoms with Crippen molar-refractivity contribution in [2.45, 2.75) is 38.1 Å². The van der Waals surface area contributed by atoms with E-state index in [0.29, 0.717) is 11.1 Å². The number of esters is 2. The molecule has 10 heteroatoms. The molecule has 2 heterocycles. The number of carbonyl (C=O) groups excluding carboxylic acids is 2. The van der Waals surface area contributed by atoms with Gasteiger partial charge in [-0.2, -0.15) is 0 Å². The molecular weight excluding hydrogens is 476 g/mol. The molecule has 0 radical (unpaired) electrons. The number of hydroxylamine groups is 2. The lowest BCUT2D eigenvalue weighted by atomic mass is 9.87. The van der Waals surface area contributed by atoms with Crippen LogP contribution in [0.1, 0.15) is 36.8 Å². The number of hydrogen-bond acceptors (Lipinski definition) is 8. The van der Waals surface area contributed by atoms with Crippen LogP contribution < -0.4 is 0 Å². The molecule has 2 aromatic carbocycles. The van der Waals surface area contributed by atoms with Gasteiger partial charge in [0.25, 0.3) is 0 Å². The molecule has 0 spiro atoms. The third-order valence-electron chi connectivity index (χ3n) is 6.34. The minimum absolute atomic E-state index is 0.141. The van der Waals surface area contributed by atoms with Gasteiger partial charge in [0.05, 0.1) is 37.2 Å². The van der Waals surface area contributed by atoms with E-state index in [1.54, 1.807) is 13.8 Å². The Morgan fingerprint density at radius 3 is 1.39 bits per heavy atom. The minimum Gasteiger partial charge on any atom is -0.476 e. The average molecular weight is 501 g/mol. The highest BCUT2D eigenvalue weighted by Crippen LogP contribution is 2.46. The molecule has 0 saturated heterocycles. The van der Waals surface area contributed by atoms with Gasteiger partial charge in [-0.05, 0) is 49.2 Å². The summed E-state index contributed by atoms with van der Waals surface area (Å²) in [6.45, 7) is 3.10.